The number of alkyl halides is 1. The van der Waals surface area contributed by atoms with Crippen LogP contribution in [0.3, 0.4) is 0 Å². The van der Waals surface area contributed by atoms with Crippen LogP contribution in [0.4, 0.5) is 0 Å². The molecule has 1 heterocycles. The summed E-state index contributed by atoms with van der Waals surface area (Å²) in [6.07, 6.45) is 1.55. The van der Waals surface area contributed by atoms with Gasteiger partial charge in [-0.3, -0.25) is 4.79 Å². The number of halogens is 1. The molecule has 2 unspecified atom stereocenters. The zero-order valence-corrected chi connectivity index (χ0v) is 12.6. The minimum absolute atomic E-state index is 0.0742. The maximum Gasteiger partial charge on any atom is 0.241 e. The van der Waals surface area contributed by atoms with E-state index in [2.05, 4.69) is 0 Å². The van der Waals surface area contributed by atoms with Gasteiger partial charge in [-0.05, 0) is 18.6 Å². The molecule has 1 aliphatic rings. The molecule has 2 atom stereocenters. The maximum absolute atomic E-state index is 12.2. The minimum Gasteiger partial charge on any atom is -0.330 e. The smallest absolute Gasteiger partial charge is 0.241 e. The molecule has 1 aliphatic heterocycles. The first-order valence-electron chi connectivity index (χ1n) is 6.28. The predicted octanol–water partition coefficient (Wildman–Crippen LogP) is 1.95. The Bertz CT molecular complexity index is 611. The van der Waals surface area contributed by atoms with Crippen LogP contribution in [-0.4, -0.2) is 36.4 Å². The average molecular weight is 314 g/mol. The molecular formula is C14H16ClNO3S. The number of carbonyl (C=O) groups is 1. The molecule has 0 saturated heterocycles. The molecule has 1 aromatic carbocycles. The van der Waals surface area contributed by atoms with E-state index in [-0.39, 0.29) is 11.7 Å². The van der Waals surface area contributed by atoms with E-state index in [1.807, 2.05) is 30.3 Å². The third-order valence-corrected chi connectivity index (χ3v) is 4.70. The lowest BCUT2D eigenvalue weighted by Gasteiger charge is -2.28. The van der Waals surface area contributed by atoms with E-state index in [0.29, 0.717) is 6.54 Å². The van der Waals surface area contributed by atoms with Gasteiger partial charge in [-0.15, -0.1) is 11.6 Å². The molecule has 1 aromatic rings. The number of rotatable bonds is 4. The molecule has 0 aromatic heterocycles. The zero-order chi connectivity index (χ0) is 14.8. The van der Waals surface area contributed by atoms with Gasteiger partial charge in [0.05, 0.1) is 11.8 Å². The summed E-state index contributed by atoms with van der Waals surface area (Å²) in [6, 6.07) is 8.99. The lowest BCUT2D eigenvalue weighted by atomic mass is 10.1. The molecule has 20 heavy (non-hydrogen) atoms. The van der Waals surface area contributed by atoms with Gasteiger partial charge in [0.1, 0.15) is 5.38 Å². The van der Waals surface area contributed by atoms with Crippen molar-refractivity contribution < 1.29 is 13.2 Å². The first-order valence-corrected chi connectivity index (χ1v) is 8.44. The van der Waals surface area contributed by atoms with E-state index in [4.69, 9.17) is 11.6 Å². The van der Waals surface area contributed by atoms with Crippen molar-refractivity contribution in [3.63, 3.8) is 0 Å². The van der Waals surface area contributed by atoms with Gasteiger partial charge in [-0.2, -0.15) is 0 Å². The number of sulfone groups is 1. The minimum atomic E-state index is -3.21. The van der Waals surface area contributed by atoms with Crippen molar-refractivity contribution in [3.8, 4) is 0 Å². The standard InChI is InChI=1S/C14H16ClNO3S/c1-11(15)14(17)16(9-12-5-3-2-4-6-12)13-7-8-20(18,19)10-13/h2-8,11,13H,9-10H2,1H3. The predicted molar refractivity (Wildman–Crippen MR) is 79.0 cm³/mol. The lowest BCUT2D eigenvalue weighted by molar-refractivity contribution is -0.132. The second kappa shape index (κ2) is 5.97. The van der Waals surface area contributed by atoms with Gasteiger partial charge >= 0.3 is 0 Å². The Balaban J connectivity index is 2.22. The normalized spacial score (nSPS) is 21.6. The molecule has 0 bridgehead atoms. The number of amides is 1. The first-order chi connectivity index (χ1) is 9.39. The number of carbonyl (C=O) groups excluding carboxylic acids is 1. The van der Waals surface area contributed by atoms with E-state index in [1.165, 1.54) is 10.3 Å². The van der Waals surface area contributed by atoms with Gasteiger partial charge in [0.2, 0.25) is 5.91 Å². The summed E-state index contributed by atoms with van der Waals surface area (Å²) >= 11 is 5.87. The van der Waals surface area contributed by atoms with Crippen LogP contribution in [0.2, 0.25) is 0 Å². The summed E-state index contributed by atoms with van der Waals surface area (Å²) in [5, 5.41) is 0.484. The largest absolute Gasteiger partial charge is 0.330 e. The fourth-order valence-corrected chi connectivity index (χ4v) is 3.54. The maximum atomic E-state index is 12.2. The van der Waals surface area contributed by atoms with Crippen LogP contribution in [0.1, 0.15) is 12.5 Å². The van der Waals surface area contributed by atoms with Crippen molar-refractivity contribution in [3.05, 3.63) is 47.4 Å². The highest BCUT2D eigenvalue weighted by atomic mass is 35.5. The molecule has 2 rings (SSSR count). The Morgan fingerprint density at radius 2 is 2.05 bits per heavy atom. The fraction of sp³-hybridized carbons (Fsp3) is 0.357. The second-order valence-corrected chi connectivity index (χ2v) is 7.38. The van der Waals surface area contributed by atoms with Crippen molar-refractivity contribution in [1.82, 2.24) is 4.90 Å². The van der Waals surface area contributed by atoms with Crippen LogP contribution in [0.15, 0.2) is 41.8 Å². The Morgan fingerprint density at radius 3 is 2.55 bits per heavy atom. The summed E-state index contributed by atoms with van der Waals surface area (Å²) < 4.78 is 23.1. The lowest BCUT2D eigenvalue weighted by Crippen LogP contribution is -2.43. The Labute approximate surface area is 124 Å². The molecule has 0 fully saturated rings. The Kier molecular flexibility index (Phi) is 4.50. The van der Waals surface area contributed by atoms with Crippen molar-refractivity contribution in [2.75, 3.05) is 5.75 Å². The SMILES string of the molecule is CC(Cl)C(=O)N(Cc1ccccc1)C1C=CS(=O)(=O)C1. The summed E-state index contributed by atoms with van der Waals surface area (Å²) in [7, 11) is -3.21. The molecule has 4 nitrogen and oxygen atoms in total. The van der Waals surface area contributed by atoms with Crippen LogP contribution in [0.5, 0.6) is 0 Å². The van der Waals surface area contributed by atoms with Crippen LogP contribution in [0.25, 0.3) is 0 Å². The molecule has 1 amide bonds. The van der Waals surface area contributed by atoms with E-state index < -0.39 is 21.3 Å². The molecule has 0 saturated carbocycles. The number of nitrogens with zero attached hydrogens (tertiary/aromatic N) is 1. The fourth-order valence-electron chi connectivity index (χ4n) is 2.12. The molecular weight excluding hydrogens is 298 g/mol. The molecule has 108 valence electrons. The Morgan fingerprint density at radius 1 is 1.40 bits per heavy atom. The average Bonchev–Trinajstić information content (AvgIpc) is 2.76. The van der Waals surface area contributed by atoms with Gasteiger partial charge in [0, 0.05) is 12.0 Å². The number of hydrogen-bond donors (Lipinski definition) is 0. The van der Waals surface area contributed by atoms with E-state index in [1.54, 1.807) is 13.0 Å². The number of hydrogen-bond acceptors (Lipinski definition) is 3. The van der Waals surface area contributed by atoms with Crippen molar-refractivity contribution in [2.24, 2.45) is 0 Å². The van der Waals surface area contributed by atoms with Crippen LogP contribution >= 0.6 is 11.6 Å². The van der Waals surface area contributed by atoms with Gasteiger partial charge in [0.15, 0.2) is 9.84 Å². The summed E-state index contributed by atoms with van der Waals surface area (Å²) in [6.45, 7) is 1.94. The van der Waals surface area contributed by atoms with Gasteiger partial charge in [-0.25, -0.2) is 8.42 Å². The summed E-state index contributed by atoms with van der Waals surface area (Å²) in [5.41, 5.74) is 0.941. The third-order valence-electron chi connectivity index (χ3n) is 3.13. The Hall–Kier alpha value is -1.33. The van der Waals surface area contributed by atoms with Crippen molar-refractivity contribution in [1.29, 1.82) is 0 Å². The summed E-state index contributed by atoms with van der Waals surface area (Å²) in [4.78, 5) is 13.7. The van der Waals surface area contributed by atoms with Crippen molar-refractivity contribution in [2.45, 2.75) is 24.9 Å². The van der Waals surface area contributed by atoms with Gasteiger partial charge in [0.25, 0.3) is 0 Å². The van der Waals surface area contributed by atoms with Gasteiger partial charge < -0.3 is 4.90 Å². The molecule has 0 aliphatic carbocycles. The highest BCUT2D eigenvalue weighted by Crippen LogP contribution is 2.19. The highest BCUT2D eigenvalue weighted by molar-refractivity contribution is 7.94. The monoisotopic (exact) mass is 313 g/mol. The molecule has 6 heteroatoms. The van der Waals surface area contributed by atoms with Crippen LogP contribution in [-0.2, 0) is 21.2 Å². The first kappa shape index (κ1) is 15.1. The quantitative estimate of drug-likeness (QED) is 0.798. The third kappa shape index (κ3) is 3.61. The van der Waals surface area contributed by atoms with E-state index in [0.717, 1.165) is 5.56 Å². The van der Waals surface area contributed by atoms with E-state index >= 15 is 0 Å². The second-order valence-electron chi connectivity index (χ2n) is 4.79. The van der Waals surface area contributed by atoms with E-state index in [9.17, 15) is 13.2 Å². The molecule has 0 spiro atoms. The number of benzene rings is 1. The van der Waals surface area contributed by atoms with Crippen LogP contribution < -0.4 is 0 Å². The zero-order valence-electron chi connectivity index (χ0n) is 11.1. The highest BCUT2D eigenvalue weighted by Gasteiger charge is 2.31. The molecule has 0 N–H and O–H groups in total. The van der Waals surface area contributed by atoms with Crippen LogP contribution in [0, 0.1) is 0 Å². The molecule has 0 radical (unpaired) electrons. The van der Waals surface area contributed by atoms with Gasteiger partial charge in [-0.1, -0.05) is 30.3 Å². The van der Waals surface area contributed by atoms with Crippen molar-refractivity contribution >= 4 is 27.3 Å². The topological polar surface area (TPSA) is 54.5 Å². The summed E-state index contributed by atoms with van der Waals surface area (Å²) in [5.74, 6) is -0.336.